The van der Waals surface area contributed by atoms with Crippen LogP contribution in [0.2, 0.25) is 0 Å². The molecule has 0 unspecified atom stereocenters. The van der Waals surface area contributed by atoms with E-state index in [9.17, 15) is 4.79 Å². The van der Waals surface area contributed by atoms with Gasteiger partial charge in [-0.05, 0) is 23.8 Å². The lowest BCUT2D eigenvalue weighted by Crippen LogP contribution is -2.42. The molecule has 1 amide bonds. The first-order valence-electron chi connectivity index (χ1n) is 7.97. The summed E-state index contributed by atoms with van der Waals surface area (Å²) < 4.78 is 6.29. The van der Waals surface area contributed by atoms with Crippen LogP contribution in [0.5, 0.6) is 5.75 Å². The van der Waals surface area contributed by atoms with Crippen LogP contribution in [0.3, 0.4) is 0 Å². The molecule has 4 rings (SSSR count). The van der Waals surface area contributed by atoms with E-state index < -0.39 is 5.60 Å². The molecular weight excluding hydrogens is 298 g/mol. The zero-order valence-electron chi connectivity index (χ0n) is 13.1. The zero-order valence-corrected chi connectivity index (χ0v) is 13.1. The normalized spacial score (nSPS) is 18.8. The minimum atomic E-state index is -1.06. The molecule has 1 heterocycles. The highest BCUT2D eigenvalue weighted by atomic mass is 16.5. The number of benzene rings is 3. The number of fused-ring (bicyclic) bond motifs is 1. The van der Waals surface area contributed by atoms with Crippen molar-refractivity contribution in [3.05, 3.63) is 96.1 Å². The summed E-state index contributed by atoms with van der Waals surface area (Å²) >= 11 is 0. The van der Waals surface area contributed by atoms with Crippen LogP contribution in [0.1, 0.15) is 11.1 Å². The van der Waals surface area contributed by atoms with Crippen molar-refractivity contribution in [2.24, 2.45) is 0 Å². The highest BCUT2D eigenvalue weighted by Gasteiger charge is 2.49. The maximum absolute atomic E-state index is 12.9. The van der Waals surface area contributed by atoms with E-state index in [0.717, 1.165) is 16.8 Å². The number of amides is 1. The minimum absolute atomic E-state index is 0.128. The van der Waals surface area contributed by atoms with E-state index in [1.165, 1.54) is 0 Å². The second-order valence-corrected chi connectivity index (χ2v) is 5.90. The van der Waals surface area contributed by atoms with Gasteiger partial charge in [-0.25, -0.2) is 0 Å². The van der Waals surface area contributed by atoms with Crippen LogP contribution in [0, 0.1) is 0 Å². The number of hydrogen-bond acceptors (Lipinski definition) is 2. The molecule has 1 aliphatic heterocycles. The first-order chi connectivity index (χ1) is 11.8. The first kappa shape index (κ1) is 14.5. The topological polar surface area (TPSA) is 38.3 Å². The highest BCUT2D eigenvalue weighted by molar-refractivity contribution is 6.05. The van der Waals surface area contributed by atoms with Crippen LogP contribution in [-0.2, 0) is 16.8 Å². The summed E-state index contributed by atoms with van der Waals surface area (Å²) in [5, 5.41) is 2.96. The first-order valence-corrected chi connectivity index (χ1v) is 7.97. The lowest BCUT2D eigenvalue weighted by molar-refractivity contribution is -0.130. The Morgan fingerprint density at radius 3 is 2.17 bits per heavy atom. The van der Waals surface area contributed by atoms with Gasteiger partial charge in [0.2, 0.25) is 5.60 Å². The molecule has 1 aliphatic rings. The van der Waals surface area contributed by atoms with Crippen molar-refractivity contribution in [2.75, 3.05) is 5.32 Å². The molecule has 0 fully saturated rings. The van der Waals surface area contributed by atoms with Crippen molar-refractivity contribution in [3.8, 4) is 5.75 Å². The maximum atomic E-state index is 12.9. The molecule has 1 atom stereocenters. The number of anilines is 1. The summed E-state index contributed by atoms with van der Waals surface area (Å²) in [5.41, 5.74) is 1.69. The molecule has 0 saturated heterocycles. The molecule has 0 bridgehead atoms. The summed E-state index contributed by atoms with van der Waals surface area (Å²) in [6.07, 6.45) is 0.478. The summed E-state index contributed by atoms with van der Waals surface area (Å²) in [4.78, 5) is 12.9. The fourth-order valence-corrected chi connectivity index (χ4v) is 3.18. The van der Waals surface area contributed by atoms with E-state index in [-0.39, 0.29) is 5.91 Å². The van der Waals surface area contributed by atoms with Crippen LogP contribution >= 0.6 is 0 Å². The Hall–Kier alpha value is -3.07. The van der Waals surface area contributed by atoms with Crippen molar-refractivity contribution in [1.82, 2.24) is 0 Å². The fourth-order valence-electron chi connectivity index (χ4n) is 3.18. The number of rotatable bonds is 4. The third kappa shape index (κ3) is 2.44. The number of nitrogens with one attached hydrogen (secondary N) is 1. The largest absolute Gasteiger partial charge is 0.472 e. The molecule has 0 radical (unpaired) electrons. The average molecular weight is 315 g/mol. The summed E-state index contributed by atoms with van der Waals surface area (Å²) in [6.45, 7) is 0. The van der Waals surface area contributed by atoms with Crippen molar-refractivity contribution in [3.63, 3.8) is 0 Å². The molecular formula is C21H17NO2. The SMILES string of the molecule is O=C1Nc2ccccc2[C@@]1(Cc1ccccc1)Oc1ccccc1. The standard InChI is InChI=1S/C21H17NO2/c23-20-21(15-16-9-3-1-4-10-16,24-17-11-5-2-6-12-17)18-13-7-8-14-19(18)22-20/h1-14H,15H2,(H,22,23)/t21-/m1/s1. The van der Waals surface area contributed by atoms with Gasteiger partial charge in [-0.15, -0.1) is 0 Å². The molecule has 3 heteroatoms. The van der Waals surface area contributed by atoms with Gasteiger partial charge < -0.3 is 10.1 Å². The van der Waals surface area contributed by atoms with Gasteiger partial charge in [0.15, 0.2) is 0 Å². The predicted molar refractivity (Wildman–Crippen MR) is 94.0 cm³/mol. The Morgan fingerprint density at radius 1 is 0.792 bits per heavy atom. The average Bonchev–Trinajstić information content (AvgIpc) is 2.89. The molecule has 1 N–H and O–H groups in total. The smallest absolute Gasteiger partial charge is 0.273 e. The van der Waals surface area contributed by atoms with Gasteiger partial charge in [-0.2, -0.15) is 0 Å². The van der Waals surface area contributed by atoms with Gasteiger partial charge in [0.25, 0.3) is 5.91 Å². The summed E-state index contributed by atoms with van der Waals surface area (Å²) in [6, 6.07) is 27.2. The number of para-hydroxylation sites is 2. The molecule has 0 aromatic heterocycles. The number of ether oxygens (including phenoxy) is 1. The van der Waals surface area contributed by atoms with Gasteiger partial charge in [0, 0.05) is 17.7 Å². The maximum Gasteiger partial charge on any atom is 0.273 e. The monoisotopic (exact) mass is 315 g/mol. The van der Waals surface area contributed by atoms with Crippen LogP contribution in [-0.4, -0.2) is 5.91 Å². The molecule has 118 valence electrons. The van der Waals surface area contributed by atoms with Gasteiger partial charge in [0.1, 0.15) is 5.75 Å². The van der Waals surface area contributed by atoms with Crippen molar-refractivity contribution >= 4 is 11.6 Å². The minimum Gasteiger partial charge on any atom is -0.472 e. The second-order valence-electron chi connectivity index (χ2n) is 5.90. The zero-order chi connectivity index (χ0) is 16.4. The molecule has 24 heavy (non-hydrogen) atoms. The lowest BCUT2D eigenvalue weighted by atomic mass is 9.88. The Balaban J connectivity index is 1.82. The molecule has 0 aliphatic carbocycles. The summed E-state index contributed by atoms with van der Waals surface area (Å²) in [5.74, 6) is 0.552. The Kier molecular flexibility index (Phi) is 3.54. The van der Waals surface area contributed by atoms with E-state index in [1.54, 1.807) is 0 Å². The molecule has 3 aromatic carbocycles. The van der Waals surface area contributed by atoms with Crippen LogP contribution in [0.4, 0.5) is 5.69 Å². The Morgan fingerprint density at radius 2 is 1.42 bits per heavy atom. The van der Waals surface area contributed by atoms with Crippen molar-refractivity contribution < 1.29 is 9.53 Å². The Bertz CT molecular complexity index is 818. The highest BCUT2D eigenvalue weighted by Crippen LogP contribution is 2.41. The van der Waals surface area contributed by atoms with Crippen molar-refractivity contribution in [2.45, 2.75) is 12.0 Å². The van der Waals surface area contributed by atoms with E-state index in [1.807, 2.05) is 84.9 Å². The van der Waals surface area contributed by atoms with Gasteiger partial charge in [-0.3, -0.25) is 4.79 Å². The third-order valence-electron chi connectivity index (χ3n) is 4.31. The van der Waals surface area contributed by atoms with E-state index in [4.69, 9.17) is 4.74 Å². The quantitative estimate of drug-likeness (QED) is 0.785. The molecule has 0 spiro atoms. The number of carbonyl (C=O) groups is 1. The molecule has 3 aromatic rings. The van der Waals surface area contributed by atoms with E-state index in [2.05, 4.69) is 5.32 Å². The second kappa shape index (κ2) is 5.85. The summed E-state index contributed by atoms with van der Waals surface area (Å²) in [7, 11) is 0. The van der Waals surface area contributed by atoms with Gasteiger partial charge in [-0.1, -0.05) is 66.7 Å². The van der Waals surface area contributed by atoms with Crippen LogP contribution in [0.15, 0.2) is 84.9 Å². The van der Waals surface area contributed by atoms with E-state index >= 15 is 0 Å². The van der Waals surface area contributed by atoms with Crippen molar-refractivity contribution in [1.29, 1.82) is 0 Å². The lowest BCUT2D eigenvalue weighted by Gasteiger charge is -2.29. The molecule has 3 nitrogen and oxygen atoms in total. The Labute approximate surface area is 140 Å². The van der Waals surface area contributed by atoms with Crippen LogP contribution < -0.4 is 10.1 Å². The van der Waals surface area contributed by atoms with Gasteiger partial charge >= 0.3 is 0 Å². The fraction of sp³-hybridized carbons (Fsp3) is 0.0952. The number of carbonyl (C=O) groups excluding carboxylic acids is 1. The predicted octanol–water partition coefficient (Wildman–Crippen LogP) is 4.16. The molecule has 0 saturated carbocycles. The third-order valence-corrected chi connectivity index (χ3v) is 4.31. The van der Waals surface area contributed by atoms with E-state index in [0.29, 0.717) is 12.2 Å². The van der Waals surface area contributed by atoms with Crippen LogP contribution in [0.25, 0.3) is 0 Å². The van der Waals surface area contributed by atoms with Gasteiger partial charge in [0.05, 0.1) is 0 Å². The number of hydrogen-bond donors (Lipinski definition) is 1.